The maximum atomic E-state index is 11.9. The highest BCUT2D eigenvalue weighted by Gasteiger charge is 2.12. The molecule has 0 aliphatic rings. The molecule has 0 aliphatic carbocycles. The Balaban J connectivity index is 1.93. The van der Waals surface area contributed by atoms with Gasteiger partial charge in [0.25, 0.3) is 5.91 Å². The molecule has 6 nitrogen and oxygen atoms in total. The number of esters is 1. The zero-order valence-electron chi connectivity index (χ0n) is 12.4. The van der Waals surface area contributed by atoms with Crippen LogP contribution in [0, 0.1) is 11.3 Å². The molecule has 0 saturated carbocycles. The largest absolute Gasteiger partial charge is 0.493 e. The number of rotatable bonds is 5. The molecule has 2 aromatic rings. The van der Waals surface area contributed by atoms with Crippen molar-refractivity contribution in [3.05, 3.63) is 59.7 Å². The molecule has 0 heterocycles. The minimum absolute atomic E-state index is 0.278. The minimum atomic E-state index is -0.626. The molecule has 0 aromatic heterocycles. The van der Waals surface area contributed by atoms with Crippen molar-refractivity contribution in [2.75, 3.05) is 13.7 Å². The van der Waals surface area contributed by atoms with E-state index in [0.29, 0.717) is 16.9 Å². The molecule has 1 amide bonds. The SMILES string of the molecule is COc1ccccc1OC(=O)CNC(=O)c1cccc(C#N)c1. The van der Waals surface area contributed by atoms with Gasteiger partial charge >= 0.3 is 5.97 Å². The summed E-state index contributed by atoms with van der Waals surface area (Å²) >= 11 is 0. The summed E-state index contributed by atoms with van der Waals surface area (Å²) in [6, 6.07) is 14.8. The van der Waals surface area contributed by atoms with Gasteiger partial charge in [-0.1, -0.05) is 18.2 Å². The summed E-state index contributed by atoms with van der Waals surface area (Å²) in [5, 5.41) is 11.3. The highest BCUT2D eigenvalue weighted by atomic mass is 16.6. The van der Waals surface area contributed by atoms with Gasteiger partial charge in [-0.3, -0.25) is 4.79 Å². The number of ether oxygens (including phenoxy) is 2. The zero-order valence-corrected chi connectivity index (χ0v) is 12.4. The number of carbonyl (C=O) groups excluding carboxylic acids is 2. The Bertz CT molecular complexity index is 765. The quantitative estimate of drug-likeness (QED) is 0.673. The second-order valence-electron chi connectivity index (χ2n) is 4.50. The van der Waals surface area contributed by atoms with Gasteiger partial charge in [0.15, 0.2) is 11.5 Å². The summed E-state index contributed by atoms with van der Waals surface area (Å²) in [6.07, 6.45) is 0. The number of nitrogens with one attached hydrogen (secondary N) is 1. The van der Waals surface area contributed by atoms with E-state index in [1.807, 2.05) is 6.07 Å². The van der Waals surface area contributed by atoms with Crippen LogP contribution in [0.4, 0.5) is 0 Å². The summed E-state index contributed by atoms with van der Waals surface area (Å²) in [6.45, 7) is -0.298. The molecule has 0 atom stereocenters. The summed E-state index contributed by atoms with van der Waals surface area (Å²) < 4.78 is 10.2. The number of benzene rings is 2. The van der Waals surface area contributed by atoms with Gasteiger partial charge < -0.3 is 14.8 Å². The minimum Gasteiger partial charge on any atom is -0.493 e. The predicted molar refractivity (Wildman–Crippen MR) is 82.1 cm³/mol. The molecule has 0 bridgehead atoms. The normalized spacial score (nSPS) is 9.57. The van der Waals surface area contributed by atoms with Gasteiger partial charge in [-0.2, -0.15) is 5.26 Å². The fourth-order valence-corrected chi connectivity index (χ4v) is 1.85. The Morgan fingerprint density at radius 3 is 2.57 bits per heavy atom. The number of nitriles is 1. The number of hydrogen-bond acceptors (Lipinski definition) is 5. The molecular formula is C17H14N2O4. The average molecular weight is 310 g/mol. The number of amides is 1. The second kappa shape index (κ2) is 7.61. The van der Waals surface area contributed by atoms with Crippen LogP contribution in [0.3, 0.4) is 0 Å². The number of methoxy groups -OCH3 is 1. The van der Waals surface area contributed by atoms with Crippen molar-refractivity contribution in [1.82, 2.24) is 5.32 Å². The van der Waals surface area contributed by atoms with E-state index in [9.17, 15) is 9.59 Å². The maximum Gasteiger partial charge on any atom is 0.330 e. The standard InChI is InChI=1S/C17H14N2O4/c1-22-14-7-2-3-8-15(14)23-16(20)11-19-17(21)13-6-4-5-12(9-13)10-18/h2-9H,11H2,1H3,(H,19,21). The van der Waals surface area contributed by atoms with Crippen molar-refractivity contribution in [2.24, 2.45) is 0 Å². The number of para-hydroxylation sites is 2. The average Bonchev–Trinajstić information content (AvgIpc) is 2.60. The van der Waals surface area contributed by atoms with Gasteiger partial charge in [0, 0.05) is 5.56 Å². The third kappa shape index (κ3) is 4.32. The van der Waals surface area contributed by atoms with Gasteiger partial charge in [0.1, 0.15) is 6.54 Å². The van der Waals surface area contributed by atoms with E-state index in [2.05, 4.69) is 5.32 Å². The summed E-state index contributed by atoms with van der Waals surface area (Å²) in [5.41, 5.74) is 0.670. The van der Waals surface area contributed by atoms with Crippen LogP contribution in [-0.2, 0) is 4.79 Å². The molecule has 6 heteroatoms. The number of hydrogen-bond donors (Lipinski definition) is 1. The topological polar surface area (TPSA) is 88.4 Å². The van der Waals surface area contributed by atoms with Gasteiger partial charge in [-0.15, -0.1) is 0 Å². The van der Waals surface area contributed by atoms with Crippen LogP contribution in [-0.4, -0.2) is 25.5 Å². The molecule has 0 aliphatic heterocycles. The molecule has 2 aromatic carbocycles. The van der Waals surface area contributed by atoms with Gasteiger partial charge in [0.05, 0.1) is 18.7 Å². The highest BCUT2D eigenvalue weighted by Crippen LogP contribution is 2.25. The monoisotopic (exact) mass is 310 g/mol. The fraction of sp³-hybridized carbons (Fsp3) is 0.118. The lowest BCUT2D eigenvalue weighted by Crippen LogP contribution is -2.32. The number of carbonyl (C=O) groups is 2. The Labute approximate surface area is 133 Å². The predicted octanol–water partition coefficient (Wildman–Crippen LogP) is 1.90. The van der Waals surface area contributed by atoms with E-state index in [0.717, 1.165) is 0 Å². The molecule has 0 spiro atoms. The van der Waals surface area contributed by atoms with Crippen molar-refractivity contribution in [2.45, 2.75) is 0 Å². The fourth-order valence-electron chi connectivity index (χ4n) is 1.85. The third-order valence-electron chi connectivity index (χ3n) is 2.94. The van der Waals surface area contributed by atoms with E-state index in [1.54, 1.807) is 42.5 Å². The van der Waals surface area contributed by atoms with Crippen LogP contribution in [0.5, 0.6) is 11.5 Å². The van der Waals surface area contributed by atoms with Crippen molar-refractivity contribution >= 4 is 11.9 Å². The molecule has 0 unspecified atom stereocenters. The first-order chi connectivity index (χ1) is 11.1. The van der Waals surface area contributed by atoms with Crippen molar-refractivity contribution in [3.63, 3.8) is 0 Å². The summed E-state index contributed by atoms with van der Waals surface area (Å²) in [5.74, 6) is -0.381. The first-order valence-corrected chi connectivity index (χ1v) is 6.76. The van der Waals surface area contributed by atoms with Crippen molar-refractivity contribution in [3.8, 4) is 17.6 Å². The molecule has 2 rings (SSSR count). The van der Waals surface area contributed by atoms with Crippen LogP contribution in [0.15, 0.2) is 48.5 Å². The van der Waals surface area contributed by atoms with Gasteiger partial charge in [-0.05, 0) is 30.3 Å². The lowest BCUT2D eigenvalue weighted by molar-refractivity contribution is -0.133. The second-order valence-corrected chi connectivity index (χ2v) is 4.50. The molecule has 116 valence electrons. The van der Waals surface area contributed by atoms with E-state index in [1.165, 1.54) is 13.2 Å². The van der Waals surface area contributed by atoms with Crippen molar-refractivity contribution in [1.29, 1.82) is 5.26 Å². The third-order valence-corrected chi connectivity index (χ3v) is 2.94. The molecule has 0 fully saturated rings. The maximum absolute atomic E-state index is 11.9. The Kier molecular flexibility index (Phi) is 5.31. The molecular weight excluding hydrogens is 296 g/mol. The summed E-state index contributed by atoms with van der Waals surface area (Å²) in [4.78, 5) is 23.7. The van der Waals surface area contributed by atoms with E-state index >= 15 is 0 Å². The van der Waals surface area contributed by atoms with Crippen LogP contribution < -0.4 is 14.8 Å². The van der Waals surface area contributed by atoms with Gasteiger partial charge in [0.2, 0.25) is 0 Å². The molecule has 23 heavy (non-hydrogen) atoms. The number of nitrogens with zero attached hydrogens (tertiary/aromatic N) is 1. The smallest absolute Gasteiger partial charge is 0.330 e. The molecule has 0 saturated heterocycles. The van der Waals surface area contributed by atoms with E-state index in [4.69, 9.17) is 14.7 Å². The van der Waals surface area contributed by atoms with E-state index in [-0.39, 0.29) is 12.3 Å². The Morgan fingerprint density at radius 2 is 1.87 bits per heavy atom. The highest BCUT2D eigenvalue weighted by molar-refractivity contribution is 5.96. The van der Waals surface area contributed by atoms with Crippen LogP contribution in [0.1, 0.15) is 15.9 Å². The molecule has 0 radical (unpaired) electrons. The van der Waals surface area contributed by atoms with Crippen LogP contribution in [0.25, 0.3) is 0 Å². The lowest BCUT2D eigenvalue weighted by atomic mass is 10.1. The van der Waals surface area contributed by atoms with Gasteiger partial charge in [-0.25, -0.2) is 4.79 Å². The molecule has 1 N–H and O–H groups in total. The Hall–Kier alpha value is -3.33. The van der Waals surface area contributed by atoms with Crippen LogP contribution in [0.2, 0.25) is 0 Å². The summed E-state index contributed by atoms with van der Waals surface area (Å²) in [7, 11) is 1.47. The Morgan fingerprint density at radius 1 is 1.13 bits per heavy atom. The zero-order chi connectivity index (χ0) is 16.7. The van der Waals surface area contributed by atoms with E-state index < -0.39 is 11.9 Å². The van der Waals surface area contributed by atoms with Crippen LogP contribution >= 0.6 is 0 Å². The first kappa shape index (κ1) is 16.0. The lowest BCUT2D eigenvalue weighted by Gasteiger charge is -2.09. The first-order valence-electron chi connectivity index (χ1n) is 6.76. The van der Waals surface area contributed by atoms with Crippen molar-refractivity contribution < 1.29 is 19.1 Å².